The first-order chi connectivity index (χ1) is 6.63. The molecule has 0 saturated carbocycles. The van der Waals surface area contributed by atoms with Crippen LogP contribution in [0.4, 0.5) is 0 Å². The predicted octanol–water partition coefficient (Wildman–Crippen LogP) is 2.51. The van der Waals surface area contributed by atoms with E-state index < -0.39 is 5.97 Å². The van der Waals surface area contributed by atoms with Crippen LogP contribution in [0.2, 0.25) is 0 Å². The molecule has 1 aromatic rings. The Kier molecular flexibility index (Phi) is 3.24. The van der Waals surface area contributed by atoms with Crippen LogP contribution in [-0.2, 0) is 11.2 Å². The summed E-state index contributed by atoms with van der Waals surface area (Å²) in [5.74, 6) is -0.950. The number of rotatable bonds is 4. The second kappa shape index (κ2) is 4.42. The van der Waals surface area contributed by atoms with Gasteiger partial charge in [0, 0.05) is 12.0 Å². The monoisotopic (exact) mass is 188 g/mol. The molecule has 1 N–H and O–H groups in total. The molecule has 2 heteroatoms. The zero-order valence-electron chi connectivity index (χ0n) is 7.86. The molecule has 0 fully saturated rings. The Morgan fingerprint density at radius 3 is 2.79 bits per heavy atom. The minimum Gasteiger partial charge on any atom is -0.478 e. The Labute approximate surface area is 83.2 Å². The van der Waals surface area contributed by atoms with Crippen molar-refractivity contribution in [1.29, 1.82) is 0 Å². The molecule has 0 unspecified atom stereocenters. The largest absolute Gasteiger partial charge is 0.478 e. The zero-order valence-corrected chi connectivity index (χ0v) is 7.86. The van der Waals surface area contributed by atoms with E-state index in [-0.39, 0.29) is 5.57 Å². The van der Waals surface area contributed by atoms with Crippen LogP contribution in [0.1, 0.15) is 11.1 Å². The summed E-state index contributed by atoms with van der Waals surface area (Å²) in [6.07, 6.45) is 2.10. The molecular weight excluding hydrogens is 176 g/mol. The number of carboxylic acid groups (broad SMARTS) is 1. The van der Waals surface area contributed by atoms with E-state index in [2.05, 4.69) is 13.2 Å². The van der Waals surface area contributed by atoms with Crippen LogP contribution in [0.5, 0.6) is 0 Å². The van der Waals surface area contributed by atoms with Crippen molar-refractivity contribution in [3.63, 3.8) is 0 Å². The number of carbonyl (C=O) groups is 1. The van der Waals surface area contributed by atoms with Crippen molar-refractivity contribution in [2.24, 2.45) is 0 Å². The Morgan fingerprint density at radius 2 is 2.21 bits per heavy atom. The van der Waals surface area contributed by atoms with Crippen molar-refractivity contribution in [1.82, 2.24) is 0 Å². The molecule has 0 aliphatic carbocycles. The van der Waals surface area contributed by atoms with Gasteiger partial charge >= 0.3 is 5.97 Å². The van der Waals surface area contributed by atoms with Gasteiger partial charge in [-0.15, -0.1) is 0 Å². The third-order valence-electron chi connectivity index (χ3n) is 1.91. The molecule has 0 saturated heterocycles. The lowest BCUT2D eigenvalue weighted by atomic mass is 10.0. The number of hydrogen-bond acceptors (Lipinski definition) is 1. The summed E-state index contributed by atoms with van der Waals surface area (Å²) >= 11 is 0. The van der Waals surface area contributed by atoms with Gasteiger partial charge in [-0.2, -0.15) is 0 Å². The standard InChI is InChI=1S/C12H12O2/c1-3-10-5-4-6-11(8-10)7-9(2)12(13)14/h3-6,8H,1-2,7H2,(H,13,14). The third-order valence-corrected chi connectivity index (χ3v) is 1.91. The maximum Gasteiger partial charge on any atom is 0.331 e. The molecule has 0 aromatic heterocycles. The molecule has 72 valence electrons. The van der Waals surface area contributed by atoms with E-state index in [1.54, 1.807) is 6.08 Å². The highest BCUT2D eigenvalue weighted by atomic mass is 16.4. The first-order valence-corrected chi connectivity index (χ1v) is 4.26. The fraction of sp³-hybridized carbons (Fsp3) is 0.0833. The topological polar surface area (TPSA) is 37.3 Å². The van der Waals surface area contributed by atoms with E-state index in [0.717, 1.165) is 11.1 Å². The molecule has 0 spiro atoms. The summed E-state index contributed by atoms with van der Waals surface area (Å²) in [6.45, 7) is 7.13. The Balaban J connectivity index is 2.81. The second-order valence-electron chi connectivity index (χ2n) is 3.03. The first kappa shape index (κ1) is 10.3. The van der Waals surface area contributed by atoms with E-state index in [1.807, 2.05) is 24.3 Å². The number of aliphatic carboxylic acids is 1. The van der Waals surface area contributed by atoms with Gasteiger partial charge in [0.25, 0.3) is 0 Å². The van der Waals surface area contributed by atoms with Crippen LogP contribution in [0, 0.1) is 0 Å². The minimum absolute atomic E-state index is 0.200. The molecule has 0 bridgehead atoms. The van der Waals surface area contributed by atoms with E-state index in [4.69, 9.17) is 5.11 Å². The molecule has 0 aliphatic heterocycles. The third kappa shape index (κ3) is 2.59. The highest BCUT2D eigenvalue weighted by molar-refractivity contribution is 5.86. The molecule has 0 atom stereocenters. The van der Waals surface area contributed by atoms with Gasteiger partial charge in [0.15, 0.2) is 0 Å². The van der Waals surface area contributed by atoms with E-state index >= 15 is 0 Å². The van der Waals surface area contributed by atoms with Crippen molar-refractivity contribution in [2.45, 2.75) is 6.42 Å². The van der Waals surface area contributed by atoms with Gasteiger partial charge in [0.1, 0.15) is 0 Å². The molecular formula is C12H12O2. The fourth-order valence-corrected chi connectivity index (χ4v) is 1.15. The predicted molar refractivity (Wildman–Crippen MR) is 57.0 cm³/mol. The van der Waals surface area contributed by atoms with Crippen molar-refractivity contribution in [2.75, 3.05) is 0 Å². The Bertz CT molecular complexity index is 378. The lowest BCUT2D eigenvalue weighted by molar-refractivity contribution is -0.132. The average molecular weight is 188 g/mol. The van der Waals surface area contributed by atoms with Gasteiger partial charge in [0.2, 0.25) is 0 Å². The van der Waals surface area contributed by atoms with Crippen LogP contribution in [0.25, 0.3) is 6.08 Å². The summed E-state index contributed by atoms with van der Waals surface area (Å²) in [4.78, 5) is 10.5. The summed E-state index contributed by atoms with van der Waals surface area (Å²) in [5.41, 5.74) is 2.13. The molecule has 14 heavy (non-hydrogen) atoms. The lowest BCUT2D eigenvalue weighted by Crippen LogP contribution is -2.02. The maximum absolute atomic E-state index is 10.5. The lowest BCUT2D eigenvalue weighted by Gasteiger charge is -2.02. The van der Waals surface area contributed by atoms with Gasteiger partial charge in [-0.3, -0.25) is 0 Å². The van der Waals surface area contributed by atoms with Gasteiger partial charge in [-0.25, -0.2) is 4.79 Å². The summed E-state index contributed by atoms with van der Waals surface area (Å²) in [6, 6.07) is 7.57. The highest BCUT2D eigenvalue weighted by Gasteiger charge is 2.04. The Hall–Kier alpha value is -1.83. The molecule has 0 heterocycles. The van der Waals surface area contributed by atoms with Gasteiger partial charge < -0.3 is 5.11 Å². The number of hydrogen-bond donors (Lipinski definition) is 1. The smallest absolute Gasteiger partial charge is 0.331 e. The molecule has 2 nitrogen and oxygen atoms in total. The highest BCUT2D eigenvalue weighted by Crippen LogP contribution is 2.10. The van der Waals surface area contributed by atoms with E-state index in [1.165, 1.54) is 0 Å². The van der Waals surface area contributed by atoms with E-state index in [0.29, 0.717) is 6.42 Å². The number of carboxylic acids is 1. The van der Waals surface area contributed by atoms with Crippen molar-refractivity contribution in [3.8, 4) is 0 Å². The fourth-order valence-electron chi connectivity index (χ4n) is 1.15. The second-order valence-corrected chi connectivity index (χ2v) is 3.03. The van der Waals surface area contributed by atoms with Crippen LogP contribution >= 0.6 is 0 Å². The van der Waals surface area contributed by atoms with Gasteiger partial charge in [0.05, 0.1) is 0 Å². The van der Waals surface area contributed by atoms with Crippen molar-refractivity contribution >= 4 is 12.0 Å². The molecule has 0 aliphatic rings. The normalized spacial score (nSPS) is 9.43. The summed E-state index contributed by atoms with van der Waals surface area (Å²) < 4.78 is 0. The summed E-state index contributed by atoms with van der Waals surface area (Å²) in [5, 5.41) is 8.65. The maximum atomic E-state index is 10.5. The van der Waals surface area contributed by atoms with Crippen molar-refractivity contribution in [3.05, 3.63) is 54.1 Å². The van der Waals surface area contributed by atoms with Crippen LogP contribution in [-0.4, -0.2) is 11.1 Å². The minimum atomic E-state index is -0.950. The molecule has 0 radical (unpaired) electrons. The number of benzene rings is 1. The SMILES string of the molecule is C=Cc1cccc(CC(=C)C(=O)O)c1. The molecule has 0 amide bonds. The molecule has 1 rings (SSSR count). The molecule has 1 aromatic carbocycles. The van der Waals surface area contributed by atoms with Gasteiger partial charge in [-0.1, -0.05) is 43.5 Å². The quantitative estimate of drug-likeness (QED) is 0.737. The van der Waals surface area contributed by atoms with E-state index in [9.17, 15) is 4.79 Å². The first-order valence-electron chi connectivity index (χ1n) is 4.26. The average Bonchev–Trinajstić information content (AvgIpc) is 2.18. The van der Waals surface area contributed by atoms with Crippen LogP contribution in [0.15, 0.2) is 43.0 Å². The summed E-state index contributed by atoms with van der Waals surface area (Å²) in [7, 11) is 0. The van der Waals surface area contributed by atoms with Crippen LogP contribution < -0.4 is 0 Å². The van der Waals surface area contributed by atoms with Crippen molar-refractivity contribution < 1.29 is 9.90 Å². The van der Waals surface area contributed by atoms with Crippen LogP contribution in [0.3, 0.4) is 0 Å². The van der Waals surface area contributed by atoms with Gasteiger partial charge in [-0.05, 0) is 11.1 Å². The zero-order chi connectivity index (χ0) is 10.6. The Morgan fingerprint density at radius 1 is 1.50 bits per heavy atom.